The molecule has 24 heavy (non-hydrogen) atoms. The van der Waals surface area contributed by atoms with Gasteiger partial charge in [0.25, 0.3) is 0 Å². The maximum atomic E-state index is 6.14. The molecule has 0 aliphatic carbocycles. The molecule has 0 saturated heterocycles. The molecule has 0 saturated carbocycles. The first-order chi connectivity index (χ1) is 11.0. The van der Waals surface area contributed by atoms with Crippen LogP contribution in [-0.4, -0.2) is 6.54 Å². The van der Waals surface area contributed by atoms with Crippen LogP contribution in [0.4, 0.5) is 0 Å². The van der Waals surface area contributed by atoms with E-state index in [2.05, 4.69) is 31.3 Å². The molecule has 0 bridgehead atoms. The minimum atomic E-state index is 0. The number of nitrogens with one attached hydrogen (secondary N) is 1. The minimum absolute atomic E-state index is 0. The quantitative estimate of drug-likeness (QED) is 0.549. The third-order valence-corrected chi connectivity index (χ3v) is 4.15. The van der Waals surface area contributed by atoms with Crippen molar-refractivity contribution in [2.24, 2.45) is 5.92 Å². The van der Waals surface area contributed by atoms with E-state index in [-0.39, 0.29) is 12.4 Å². The summed E-state index contributed by atoms with van der Waals surface area (Å²) in [5.74, 6) is 1.57. The molecule has 0 spiro atoms. The van der Waals surface area contributed by atoms with Crippen molar-refractivity contribution in [3.05, 3.63) is 63.6 Å². The van der Waals surface area contributed by atoms with E-state index in [9.17, 15) is 0 Å². The van der Waals surface area contributed by atoms with Crippen LogP contribution in [0, 0.1) is 5.92 Å². The first kappa shape index (κ1) is 21.1. The predicted molar refractivity (Wildman–Crippen MR) is 106 cm³/mol. The van der Waals surface area contributed by atoms with Gasteiger partial charge in [0.1, 0.15) is 12.4 Å². The van der Waals surface area contributed by atoms with E-state index in [1.807, 2.05) is 24.3 Å². The zero-order valence-corrected chi connectivity index (χ0v) is 16.3. The lowest BCUT2D eigenvalue weighted by Crippen LogP contribution is -2.16. The van der Waals surface area contributed by atoms with Crippen LogP contribution in [0.15, 0.2) is 42.5 Å². The summed E-state index contributed by atoms with van der Waals surface area (Å²) in [4.78, 5) is 0. The van der Waals surface area contributed by atoms with Gasteiger partial charge >= 0.3 is 0 Å². The molecular formula is C19H24Cl3NO. The van der Waals surface area contributed by atoms with Crippen LogP contribution in [0.2, 0.25) is 10.0 Å². The molecule has 0 aliphatic rings. The van der Waals surface area contributed by atoms with Crippen molar-refractivity contribution < 1.29 is 4.74 Å². The molecule has 0 amide bonds. The lowest BCUT2D eigenvalue weighted by molar-refractivity contribution is 0.306. The number of benzene rings is 2. The Morgan fingerprint density at radius 1 is 1.04 bits per heavy atom. The van der Waals surface area contributed by atoms with E-state index in [0.717, 1.165) is 30.3 Å². The zero-order valence-electron chi connectivity index (χ0n) is 14.0. The number of halogens is 3. The summed E-state index contributed by atoms with van der Waals surface area (Å²) in [7, 11) is 0. The molecule has 0 radical (unpaired) electrons. The molecular weight excluding hydrogens is 365 g/mol. The van der Waals surface area contributed by atoms with E-state index >= 15 is 0 Å². The monoisotopic (exact) mass is 387 g/mol. The Bertz CT molecular complexity index is 615. The van der Waals surface area contributed by atoms with Crippen molar-refractivity contribution in [3.8, 4) is 5.75 Å². The second kappa shape index (κ2) is 10.8. The highest BCUT2D eigenvalue weighted by Crippen LogP contribution is 2.22. The van der Waals surface area contributed by atoms with Crippen molar-refractivity contribution in [1.29, 1.82) is 0 Å². The van der Waals surface area contributed by atoms with Crippen molar-refractivity contribution in [2.45, 2.75) is 33.4 Å². The highest BCUT2D eigenvalue weighted by atomic mass is 35.5. The Balaban J connectivity index is 0.00000288. The average Bonchev–Trinajstić information content (AvgIpc) is 2.52. The summed E-state index contributed by atoms with van der Waals surface area (Å²) in [6.45, 7) is 6.84. The van der Waals surface area contributed by atoms with Gasteiger partial charge in [-0.05, 0) is 48.7 Å². The summed E-state index contributed by atoms with van der Waals surface area (Å²) >= 11 is 12.0. The van der Waals surface area contributed by atoms with E-state index in [1.165, 1.54) is 12.0 Å². The number of hydrogen-bond acceptors (Lipinski definition) is 2. The number of hydrogen-bond donors (Lipinski definition) is 1. The molecule has 0 aromatic heterocycles. The van der Waals surface area contributed by atoms with Crippen LogP contribution in [0.5, 0.6) is 5.75 Å². The fourth-order valence-electron chi connectivity index (χ4n) is 2.13. The zero-order chi connectivity index (χ0) is 16.7. The van der Waals surface area contributed by atoms with E-state index in [4.69, 9.17) is 27.9 Å². The topological polar surface area (TPSA) is 21.3 Å². The minimum Gasteiger partial charge on any atom is -0.489 e. The van der Waals surface area contributed by atoms with Gasteiger partial charge in [-0.1, -0.05) is 55.2 Å². The largest absolute Gasteiger partial charge is 0.489 e. The molecule has 0 fully saturated rings. The van der Waals surface area contributed by atoms with Gasteiger partial charge in [-0.3, -0.25) is 0 Å². The molecule has 2 aromatic rings. The standard InChI is InChI=1S/C19H23Cl2NO.ClH/c1-14(2)9-10-22-12-15-3-7-18(8-4-15)23-13-16-5-6-17(20)11-19(16)21;/h3-8,11,14,22H,9-10,12-13H2,1-2H3;1H. The smallest absolute Gasteiger partial charge is 0.119 e. The van der Waals surface area contributed by atoms with Crippen LogP contribution in [0.25, 0.3) is 0 Å². The average molecular weight is 389 g/mol. The second-order valence-corrected chi connectivity index (χ2v) is 6.87. The summed E-state index contributed by atoms with van der Waals surface area (Å²) in [5, 5.41) is 4.71. The molecule has 2 aromatic carbocycles. The molecule has 2 rings (SSSR count). The Labute approximate surface area is 160 Å². The fraction of sp³-hybridized carbons (Fsp3) is 0.368. The van der Waals surface area contributed by atoms with Gasteiger partial charge in [-0.25, -0.2) is 0 Å². The van der Waals surface area contributed by atoms with Crippen LogP contribution in [0.1, 0.15) is 31.4 Å². The normalized spacial score (nSPS) is 10.5. The first-order valence-electron chi connectivity index (χ1n) is 7.91. The van der Waals surface area contributed by atoms with Gasteiger partial charge < -0.3 is 10.1 Å². The van der Waals surface area contributed by atoms with Crippen molar-refractivity contribution in [2.75, 3.05) is 6.54 Å². The summed E-state index contributed by atoms with van der Waals surface area (Å²) < 4.78 is 5.78. The van der Waals surface area contributed by atoms with Gasteiger partial charge in [0.15, 0.2) is 0 Å². The summed E-state index contributed by atoms with van der Waals surface area (Å²) in [6, 6.07) is 13.6. The molecule has 0 aliphatic heterocycles. The molecule has 5 heteroatoms. The van der Waals surface area contributed by atoms with Crippen molar-refractivity contribution in [3.63, 3.8) is 0 Å². The highest BCUT2D eigenvalue weighted by molar-refractivity contribution is 6.35. The summed E-state index contributed by atoms with van der Waals surface area (Å²) in [5.41, 5.74) is 2.18. The highest BCUT2D eigenvalue weighted by Gasteiger charge is 2.03. The SMILES string of the molecule is CC(C)CCNCc1ccc(OCc2ccc(Cl)cc2Cl)cc1.Cl. The van der Waals surface area contributed by atoms with Gasteiger partial charge in [-0.15, -0.1) is 12.4 Å². The van der Waals surface area contributed by atoms with Crippen LogP contribution in [0.3, 0.4) is 0 Å². The lowest BCUT2D eigenvalue weighted by Gasteiger charge is -2.10. The Kier molecular flexibility index (Phi) is 9.53. The van der Waals surface area contributed by atoms with Crippen LogP contribution < -0.4 is 10.1 Å². The van der Waals surface area contributed by atoms with Crippen molar-refractivity contribution in [1.82, 2.24) is 5.32 Å². The molecule has 2 nitrogen and oxygen atoms in total. The summed E-state index contributed by atoms with van der Waals surface area (Å²) in [6.07, 6.45) is 1.20. The maximum Gasteiger partial charge on any atom is 0.119 e. The third-order valence-electron chi connectivity index (χ3n) is 3.56. The molecule has 1 N–H and O–H groups in total. The third kappa shape index (κ3) is 7.31. The van der Waals surface area contributed by atoms with Gasteiger partial charge in [0, 0.05) is 22.2 Å². The van der Waals surface area contributed by atoms with Gasteiger partial charge in [-0.2, -0.15) is 0 Å². The fourth-order valence-corrected chi connectivity index (χ4v) is 2.59. The predicted octanol–water partition coefficient (Wildman–Crippen LogP) is 6.13. The maximum absolute atomic E-state index is 6.14. The van der Waals surface area contributed by atoms with Gasteiger partial charge in [0.05, 0.1) is 0 Å². The molecule has 0 unspecified atom stereocenters. The van der Waals surface area contributed by atoms with E-state index in [1.54, 1.807) is 6.07 Å². The Morgan fingerprint density at radius 2 is 1.75 bits per heavy atom. The second-order valence-electron chi connectivity index (χ2n) is 6.03. The van der Waals surface area contributed by atoms with E-state index < -0.39 is 0 Å². The molecule has 0 heterocycles. The Morgan fingerprint density at radius 3 is 2.38 bits per heavy atom. The molecule has 132 valence electrons. The Hall–Kier alpha value is -0.930. The number of rotatable bonds is 8. The van der Waals surface area contributed by atoms with Gasteiger partial charge in [0.2, 0.25) is 0 Å². The first-order valence-corrected chi connectivity index (χ1v) is 8.66. The number of ether oxygens (including phenoxy) is 1. The van der Waals surface area contributed by atoms with Crippen LogP contribution >= 0.6 is 35.6 Å². The van der Waals surface area contributed by atoms with Crippen molar-refractivity contribution >= 4 is 35.6 Å². The molecule has 0 atom stereocenters. The van der Waals surface area contributed by atoms with E-state index in [0.29, 0.717) is 16.7 Å². The lowest BCUT2D eigenvalue weighted by atomic mass is 10.1. The van der Waals surface area contributed by atoms with Crippen LogP contribution in [-0.2, 0) is 13.2 Å².